The Balaban J connectivity index is 1.73. The van der Waals surface area contributed by atoms with E-state index in [1.165, 1.54) is 11.3 Å². The summed E-state index contributed by atoms with van der Waals surface area (Å²) in [6, 6.07) is 22.6. The van der Waals surface area contributed by atoms with E-state index < -0.39 is 17.7 Å². The van der Waals surface area contributed by atoms with Gasteiger partial charge in [0.05, 0.1) is 33.1 Å². The molecular weight excluding hydrogens is 542 g/mol. The van der Waals surface area contributed by atoms with Gasteiger partial charge in [0.15, 0.2) is 6.10 Å². The lowest BCUT2D eigenvalue weighted by molar-refractivity contribution is -0.160. The van der Waals surface area contributed by atoms with E-state index in [4.69, 9.17) is 21.3 Å². The third-order valence-corrected chi connectivity index (χ3v) is 7.70. The maximum absolute atomic E-state index is 12.6. The number of hydrogen-bond acceptors (Lipinski definition) is 6. The van der Waals surface area contributed by atoms with Gasteiger partial charge in [0, 0.05) is 33.5 Å². The molecule has 0 aliphatic heterocycles. The van der Waals surface area contributed by atoms with E-state index in [9.17, 15) is 15.2 Å². The van der Waals surface area contributed by atoms with Gasteiger partial charge in [-0.25, -0.2) is 9.78 Å². The number of aliphatic carboxylic acids is 1. The summed E-state index contributed by atoms with van der Waals surface area (Å²) in [7, 11) is 0. The van der Waals surface area contributed by atoms with Crippen molar-refractivity contribution in [3.8, 4) is 39.0 Å². The summed E-state index contributed by atoms with van der Waals surface area (Å²) in [5.41, 5.74) is 6.04. The first-order valence-electron chi connectivity index (χ1n) is 12.6. The monoisotopic (exact) mass is 567 g/mol. The van der Waals surface area contributed by atoms with E-state index in [0.29, 0.717) is 16.1 Å². The predicted molar refractivity (Wildman–Crippen MR) is 159 cm³/mol. The van der Waals surface area contributed by atoms with Crippen LogP contribution < -0.4 is 0 Å². The molecule has 0 saturated carbocycles. The van der Waals surface area contributed by atoms with Crippen LogP contribution in [0.25, 0.3) is 43.2 Å². The molecule has 0 fully saturated rings. The second-order valence-electron chi connectivity index (χ2n) is 10.4. The van der Waals surface area contributed by atoms with Crippen LogP contribution in [0, 0.1) is 18.3 Å². The molecule has 200 valence electrons. The first-order chi connectivity index (χ1) is 19.0. The fourth-order valence-electron chi connectivity index (χ4n) is 4.63. The number of rotatable bonds is 6. The van der Waals surface area contributed by atoms with Crippen molar-refractivity contribution in [2.24, 2.45) is 0 Å². The van der Waals surface area contributed by atoms with E-state index in [-0.39, 0.29) is 0 Å². The molecule has 0 bridgehead atoms. The summed E-state index contributed by atoms with van der Waals surface area (Å²) in [4.78, 5) is 22.0. The van der Waals surface area contributed by atoms with Crippen molar-refractivity contribution >= 4 is 39.1 Å². The maximum Gasteiger partial charge on any atom is 0.337 e. The quantitative estimate of drug-likeness (QED) is 0.221. The molecule has 6 nitrogen and oxygen atoms in total. The molecule has 0 aliphatic carbocycles. The number of thiazole rings is 1. The number of hydrogen-bond donors (Lipinski definition) is 1. The Labute approximate surface area is 241 Å². The molecule has 8 heteroatoms. The van der Waals surface area contributed by atoms with Gasteiger partial charge < -0.3 is 9.84 Å². The highest BCUT2D eigenvalue weighted by atomic mass is 35.5. The number of benzene rings is 3. The van der Waals surface area contributed by atoms with E-state index in [0.717, 1.165) is 48.7 Å². The molecule has 3 aromatic carbocycles. The van der Waals surface area contributed by atoms with Gasteiger partial charge in [0.2, 0.25) is 0 Å². The van der Waals surface area contributed by atoms with Crippen molar-refractivity contribution in [3.63, 3.8) is 0 Å². The average molecular weight is 568 g/mol. The smallest absolute Gasteiger partial charge is 0.337 e. The number of aryl methyl sites for hydroxylation is 1. The number of carbonyl (C=O) groups is 1. The number of nitriles is 1. The van der Waals surface area contributed by atoms with Gasteiger partial charge in [-0.1, -0.05) is 35.9 Å². The number of aromatic nitrogens is 2. The van der Waals surface area contributed by atoms with Gasteiger partial charge in [-0.2, -0.15) is 5.26 Å². The molecule has 1 atom stereocenters. The van der Waals surface area contributed by atoms with Crippen molar-refractivity contribution < 1.29 is 14.6 Å². The molecule has 0 spiro atoms. The van der Waals surface area contributed by atoms with Gasteiger partial charge in [-0.15, -0.1) is 11.3 Å². The van der Waals surface area contributed by atoms with Gasteiger partial charge in [-0.3, -0.25) is 4.98 Å². The number of halogens is 1. The number of fused-ring (bicyclic) bond motifs is 1. The molecule has 40 heavy (non-hydrogen) atoms. The minimum absolute atomic E-state index is 0.561. The minimum atomic E-state index is -1.18. The molecule has 1 N–H and O–H groups in total. The topological polar surface area (TPSA) is 96.1 Å². The summed E-state index contributed by atoms with van der Waals surface area (Å²) in [5, 5.41) is 20.9. The van der Waals surface area contributed by atoms with E-state index in [1.807, 2.05) is 70.2 Å². The van der Waals surface area contributed by atoms with Crippen molar-refractivity contribution in [2.45, 2.75) is 39.4 Å². The predicted octanol–water partition coefficient (Wildman–Crippen LogP) is 8.47. The zero-order chi connectivity index (χ0) is 28.6. The lowest BCUT2D eigenvalue weighted by Crippen LogP contribution is -2.28. The molecular formula is C32H26ClN3O3S. The van der Waals surface area contributed by atoms with Crippen molar-refractivity contribution in [1.82, 2.24) is 9.97 Å². The van der Waals surface area contributed by atoms with Crippen LogP contribution in [0.15, 0.2) is 72.9 Å². The van der Waals surface area contributed by atoms with Gasteiger partial charge in [0.1, 0.15) is 5.01 Å². The van der Waals surface area contributed by atoms with Crippen molar-refractivity contribution in [3.05, 3.63) is 94.6 Å². The Hall–Kier alpha value is -4.09. The van der Waals surface area contributed by atoms with E-state index in [1.54, 1.807) is 30.5 Å². The summed E-state index contributed by atoms with van der Waals surface area (Å²) in [6.07, 6.45) is 0.546. The Kier molecular flexibility index (Phi) is 7.43. The number of ether oxygens (including phenoxy) is 1. The highest BCUT2D eigenvalue weighted by Gasteiger charge is 2.32. The van der Waals surface area contributed by atoms with Crippen LogP contribution >= 0.6 is 22.9 Å². The van der Waals surface area contributed by atoms with Crippen molar-refractivity contribution in [2.75, 3.05) is 0 Å². The van der Waals surface area contributed by atoms with Crippen LogP contribution in [0.4, 0.5) is 0 Å². The highest BCUT2D eigenvalue weighted by molar-refractivity contribution is 7.22. The van der Waals surface area contributed by atoms with E-state index in [2.05, 4.69) is 11.1 Å². The summed E-state index contributed by atoms with van der Waals surface area (Å²) in [5.74, 6) is -1.06. The molecule has 0 saturated heterocycles. The highest BCUT2D eigenvalue weighted by Crippen LogP contribution is 2.44. The summed E-state index contributed by atoms with van der Waals surface area (Å²) in [6.45, 7) is 7.42. The molecule has 0 aliphatic rings. The molecule has 5 aromatic rings. The molecule has 2 aromatic heterocycles. The molecule has 0 radical (unpaired) electrons. The zero-order valence-electron chi connectivity index (χ0n) is 22.4. The normalized spacial score (nSPS) is 12.3. The second-order valence-corrected chi connectivity index (χ2v) is 11.9. The van der Waals surface area contributed by atoms with Gasteiger partial charge in [-0.05, 0) is 81.3 Å². The first kappa shape index (κ1) is 27.5. The Morgan fingerprint density at radius 1 is 1.05 bits per heavy atom. The number of carboxylic acid groups (broad SMARTS) is 1. The summed E-state index contributed by atoms with van der Waals surface area (Å²) < 4.78 is 6.96. The first-order valence-corrected chi connectivity index (χ1v) is 13.8. The zero-order valence-corrected chi connectivity index (χ0v) is 24.0. The minimum Gasteiger partial charge on any atom is -0.479 e. The Morgan fingerprint density at radius 3 is 2.48 bits per heavy atom. The fraction of sp³-hybridized carbons (Fsp3) is 0.188. The molecule has 0 amide bonds. The fourth-order valence-corrected chi connectivity index (χ4v) is 5.88. The van der Waals surface area contributed by atoms with Gasteiger partial charge >= 0.3 is 5.97 Å². The lowest BCUT2D eigenvalue weighted by Gasteiger charge is -2.28. The molecule has 0 unspecified atom stereocenters. The average Bonchev–Trinajstić information content (AvgIpc) is 3.35. The third kappa shape index (κ3) is 5.61. The molecule has 5 rings (SSSR count). The third-order valence-electron chi connectivity index (χ3n) is 6.31. The van der Waals surface area contributed by atoms with Crippen molar-refractivity contribution in [1.29, 1.82) is 5.26 Å². The Bertz CT molecular complexity index is 1780. The number of nitrogens with zero attached hydrogens (tertiary/aromatic N) is 3. The number of carboxylic acids is 1. The van der Waals surface area contributed by atoms with Crippen LogP contribution in [0.5, 0.6) is 0 Å². The van der Waals surface area contributed by atoms with Crippen LogP contribution in [-0.4, -0.2) is 26.6 Å². The van der Waals surface area contributed by atoms with Crippen LogP contribution in [0.2, 0.25) is 5.02 Å². The largest absolute Gasteiger partial charge is 0.479 e. The second kappa shape index (κ2) is 10.8. The number of pyridine rings is 1. The van der Waals surface area contributed by atoms with Crippen LogP contribution in [-0.2, 0) is 9.53 Å². The maximum atomic E-state index is 12.6. The van der Waals surface area contributed by atoms with Crippen LogP contribution in [0.1, 0.15) is 43.6 Å². The standard InChI is InChI=1S/C32H26ClN3O3S/c1-18-14-25-29(27(20-8-10-23(33)11-9-20)26(18)28(31(37)38)39-32(2,3)4)40-30(36-25)22-12-13-35-24(16-22)21-7-5-6-19(15-21)17-34/h5-16,28H,1-4H3,(H,37,38)/t28-/m0/s1. The van der Waals surface area contributed by atoms with Crippen LogP contribution in [0.3, 0.4) is 0 Å². The lowest BCUT2D eigenvalue weighted by atomic mass is 9.91. The van der Waals surface area contributed by atoms with E-state index >= 15 is 0 Å². The SMILES string of the molecule is Cc1cc2nc(-c3ccnc(-c4cccc(C#N)c4)c3)sc2c(-c2ccc(Cl)cc2)c1[C@H](OC(C)(C)C)C(=O)O. The van der Waals surface area contributed by atoms with Gasteiger partial charge in [0.25, 0.3) is 0 Å². The Morgan fingerprint density at radius 2 is 1.80 bits per heavy atom. The summed E-state index contributed by atoms with van der Waals surface area (Å²) >= 11 is 7.69. The molecule has 2 heterocycles.